The molecule has 5 aromatic rings. The second-order valence-corrected chi connectivity index (χ2v) is 15.9. The predicted octanol–water partition coefficient (Wildman–Crippen LogP) is 7.13. The highest BCUT2D eigenvalue weighted by Crippen LogP contribution is 2.46. The van der Waals surface area contributed by atoms with E-state index >= 15 is 0 Å². The topological polar surface area (TPSA) is 113 Å². The van der Waals surface area contributed by atoms with Crippen LogP contribution in [0.15, 0.2) is 161 Å². The number of para-hydroxylation sites is 1. The SMILES string of the molecule is O=[N+]([O-])c1ccccc1S(=O)(=O)N1C/C(CO)=C\CN2[C@H](COC(c3ccccc3)(c3ccccc3)c3ccccc3)[C@H](c3ccc(Br)cc3)[C@@H]2C1. The number of rotatable bonds is 11. The smallest absolute Gasteiger partial charge is 0.289 e. The number of hydrogen-bond donors (Lipinski definition) is 1. The van der Waals surface area contributed by atoms with E-state index < -0.39 is 26.2 Å². The summed E-state index contributed by atoms with van der Waals surface area (Å²) in [6, 6.07) is 43.5. The Morgan fingerprint density at radius 3 is 1.88 bits per heavy atom. The number of halogens is 1. The Balaban J connectivity index is 1.31. The maximum atomic E-state index is 14.3. The van der Waals surface area contributed by atoms with Crippen LogP contribution in [0, 0.1) is 10.1 Å². The van der Waals surface area contributed by atoms with Crippen LogP contribution in [0.1, 0.15) is 28.2 Å². The van der Waals surface area contributed by atoms with Gasteiger partial charge < -0.3 is 9.84 Å². The molecule has 2 aliphatic rings. The molecule has 0 radical (unpaired) electrons. The Bertz CT molecular complexity index is 2060. The molecule has 52 heavy (non-hydrogen) atoms. The molecule has 1 fully saturated rings. The summed E-state index contributed by atoms with van der Waals surface area (Å²) >= 11 is 3.56. The number of ether oxygens (including phenoxy) is 1. The van der Waals surface area contributed by atoms with Crippen LogP contribution in [-0.4, -0.2) is 72.6 Å². The Labute approximate surface area is 312 Å². The fraction of sp³-hybridized carbons (Fsp3) is 0.220. The van der Waals surface area contributed by atoms with Gasteiger partial charge in [0.05, 0.1) is 18.1 Å². The van der Waals surface area contributed by atoms with Gasteiger partial charge in [0.2, 0.25) is 10.0 Å². The number of nitro groups is 1. The predicted molar refractivity (Wildman–Crippen MR) is 203 cm³/mol. The number of fused-ring (bicyclic) bond motifs is 1. The summed E-state index contributed by atoms with van der Waals surface area (Å²) in [6.45, 7) is 0.385. The van der Waals surface area contributed by atoms with Crippen LogP contribution in [0.5, 0.6) is 0 Å². The van der Waals surface area contributed by atoms with Crippen molar-refractivity contribution < 1.29 is 23.2 Å². The van der Waals surface area contributed by atoms with Crippen LogP contribution < -0.4 is 0 Å². The van der Waals surface area contributed by atoms with Crippen molar-refractivity contribution in [2.75, 3.05) is 32.8 Å². The Morgan fingerprint density at radius 1 is 0.808 bits per heavy atom. The molecule has 2 aliphatic heterocycles. The average Bonchev–Trinajstić information content (AvgIpc) is 3.17. The van der Waals surface area contributed by atoms with Crippen molar-refractivity contribution in [2.24, 2.45) is 0 Å². The zero-order chi connectivity index (χ0) is 36.3. The second-order valence-electron chi connectivity index (χ2n) is 13.0. The lowest BCUT2D eigenvalue weighted by molar-refractivity contribution is -0.387. The van der Waals surface area contributed by atoms with Gasteiger partial charge in [0.25, 0.3) is 5.69 Å². The minimum Gasteiger partial charge on any atom is -0.392 e. The molecule has 3 atom stereocenters. The van der Waals surface area contributed by atoms with E-state index in [4.69, 9.17) is 4.74 Å². The van der Waals surface area contributed by atoms with Crippen molar-refractivity contribution in [1.29, 1.82) is 0 Å². The summed E-state index contributed by atoms with van der Waals surface area (Å²) in [5.41, 5.74) is 3.01. The first-order chi connectivity index (χ1) is 25.2. The molecule has 11 heteroatoms. The van der Waals surface area contributed by atoms with Crippen LogP contribution in [-0.2, 0) is 20.4 Å². The molecular weight excluding hydrogens is 742 g/mol. The van der Waals surface area contributed by atoms with E-state index in [1.807, 2.05) is 84.9 Å². The van der Waals surface area contributed by atoms with Gasteiger partial charge in [-0.2, -0.15) is 4.31 Å². The van der Waals surface area contributed by atoms with Crippen molar-refractivity contribution >= 4 is 31.6 Å². The molecule has 0 spiro atoms. The third kappa shape index (κ3) is 6.76. The minimum absolute atomic E-state index is 0.0597. The number of nitrogens with zero attached hydrogens (tertiary/aromatic N) is 3. The zero-order valence-corrected chi connectivity index (χ0v) is 30.6. The van der Waals surface area contributed by atoms with Crippen molar-refractivity contribution in [3.8, 4) is 0 Å². The summed E-state index contributed by atoms with van der Waals surface area (Å²) in [7, 11) is -4.34. The van der Waals surface area contributed by atoms with E-state index in [1.165, 1.54) is 28.6 Å². The van der Waals surface area contributed by atoms with Crippen molar-refractivity contribution in [3.05, 3.63) is 188 Å². The first-order valence-corrected chi connectivity index (χ1v) is 19.3. The lowest BCUT2D eigenvalue weighted by Gasteiger charge is -2.57. The summed E-state index contributed by atoms with van der Waals surface area (Å²) in [5, 5.41) is 22.3. The molecule has 0 aromatic heterocycles. The lowest BCUT2D eigenvalue weighted by Crippen LogP contribution is -2.68. The fourth-order valence-electron chi connectivity index (χ4n) is 7.67. The van der Waals surface area contributed by atoms with Gasteiger partial charge in [-0.3, -0.25) is 15.0 Å². The van der Waals surface area contributed by atoms with Gasteiger partial charge >= 0.3 is 0 Å². The largest absolute Gasteiger partial charge is 0.392 e. The number of nitro benzene ring substituents is 1. The molecule has 1 N–H and O–H groups in total. The second kappa shape index (κ2) is 15.2. The van der Waals surface area contributed by atoms with E-state index in [0.717, 1.165) is 26.7 Å². The summed E-state index contributed by atoms with van der Waals surface area (Å²) in [4.78, 5) is 13.1. The van der Waals surface area contributed by atoms with E-state index in [2.05, 4.69) is 57.2 Å². The zero-order valence-electron chi connectivity index (χ0n) is 28.2. The summed E-state index contributed by atoms with van der Waals surface area (Å²) in [5.74, 6) is -0.152. The van der Waals surface area contributed by atoms with Crippen molar-refractivity contribution in [3.63, 3.8) is 0 Å². The van der Waals surface area contributed by atoms with Crippen LogP contribution in [0.4, 0.5) is 5.69 Å². The van der Waals surface area contributed by atoms with E-state index in [0.29, 0.717) is 12.1 Å². The Morgan fingerprint density at radius 2 is 1.35 bits per heavy atom. The molecule has 7 rings (SSSR count). The lowest BCUT2D eigenvalue weighted by atomic mass is 9.74. The minimum atomic E-state index is -4.34. The van der Waals surface area contributed by atoms with Gasteiger partial charge in [0.1, 0.15) is 5.60 Å². The maximum Gasteiger partial charge on any atom is 0.289 e. The standard InChI is InChI=1S/C41H38BrN3O6S/c42-35-22-20-31(21-23-35)40-37-27-43(52(49,50)39-19-11-10-18-36(39)45(47)48)26-30(28-46)24-25-44(37)38(40)29-51-41(32-12-4-1-5-13-32,33-14-6-2-7-15-33)34-16-8-3-9-17-34/h1-24,37-38,40,46H,25-29H2/b30-24+/t37-,38+,40+/m0/s1. The molecule has 0 bridgehead atoms. The summed E-state index contributed by atoms with van der Waals surface area (Å²) in [6.07, 6.45) is 1.87. The molecular formula is C41H38BrN3O6S. The molecule has 2 heterocycles. The molecule has 9 nitrogen and oxygen atoms in total. The Kier molecular flexibility index (Phi) is 10.5. The van der Waals surface area contributed by atoms with Gasteiger partial charge in [0.15, 0.2) is 4.90 Å². The van der Waals surface area contributed by atoms with E-state index in [-0.39, 0.29) is 49.2 Å². The van der Waals surface area contributed by atoms with Crippen molar-refractivity contribution in [2.45, 2.75) is 28.5 Å². The number of aliphatic hydroxyl groups excluding tert-OH is 1. The van der Waals surface area contributed by atoms with Crippen LogP contribution in [0.3, 0.4) is 0 Å². The molecule has 0 unspecified atom stereocenters. The first kappa shape index (κ1) is 35.9. The number of aliphatic hydroxyl groups is 1. The number of hydrogen-bond acceptors (Lipinski definition) is 7. The van der Waals surface area contributed by atoms with Gasteiger partial charge in [0, 0.05) is 48.2 Å². The third-order valence-electron chi connectivity index (χ3n) is 10.2. The van der Waals surface area contributed by atoms with Gasteiger partial charge in [-0.15, -0.1) is 0 Å². The van der Waals surface area contributed by atoms with Gasteiger partial charge in [-0.1, -0.05) is 137 Å². The highest BCUT2D eigenvalue weighted by molar-refractivity contribution is 9.10. The first-order valence-electron chi connectivity index (χ1n) is 17.1. The molecule has 5 aromatic carbocycles. The molecule has 0 amide bonds. The quantitative estimate of drug-likeness (QED) is 0.0658. The highest BCUT2D eigenvalue weighted by Gasteiger charge is 2.52. The molecule has 0 aliphatic carbocycles. The highest BCUT2D eigenvalue weighted by atomic mass is 79.9. The monoisotopic (exact) mass is 779 g/mol. The van der Waals surface area contributed by atoms with Crippen molar-refractivity contribution in [1.82, 2.24) is 9.21 Å². The average molecular weight is 781 g/mol. The van der Waals surface area contributed by atoms with E-state index in [1.54, 1.807) is 0 Å². The summed E-state index contributed by atoms with van der Waals surface area (Å²) < 4.78 is 38.1. The normalized spacial score (nSPS) is 20.8. The maximum absolute atomic E-state index is 14.3. The number of benzene rings is 5. The molecule has 0 saturated carbocycles. The van der Waals surface area contributed by atoms with Crippen LogP contribution in [0.25, 0.3) is 0 Å². The molecule has 266 valence electrons. The molecule has 1 saturated heterocycles. The fourth-order valence-corrected chi connectivity index (χ4v) is 9.56. The van der Waals surface area contributed by atoms with Gasteiger partial charge in [-0.05, 0) is 46.0 Å². The van der Waals surface area contributed by atoms with Crippen LogP contribution >= 0.6 is 15.9 Å². The van der Waals surface area contributed by atoms with Crippen LogP contribution in [0.2, 0.25) is 0 Å². The van der Waals surface area contributed by atoms with E-state index in [9.17, 15) is 23.6 Å². The number of sulfonamides is 1. The Hall–Kier alpha value is -4.49. The third-order valence-corrected chi connectivity index (χ3v) is 12.6. The van der Waals surface area contributed by atoms with Gasteiger partial charge in [-0.25, -0.2) is 8.42 Å².